The van der Waals surface area contributed by atoms with Crippen molar-refractivity contribution in [2.45, 2.75) is 39.2 Å². The van der Waals surface area contributed by atoms with Crippen molar-refractivity contribution < 1.29 is 0 Å². The lowest BCUT2D eigenvalue weighted by Gasteiger charge is -2.32. The number of hydrogen-bond acceptors (Lipinski definition) is 2. The van der Waals surface area contributed by atoms with Gasteiger partial charge in [-0.2, -0.15) is 5.10 Å². The van der Waals surface area contributed by atoms with E-state index in [1.165, 1.54) is 19.3 Å². The number of anilines is 1. The largest absolute Gasteiger partial charge is 0.381 e. The molecule has 2 N–H and O–H groups in total. The molecule has 4 heteroatoms. The lowest BCUT2D eigenvalue weighted by Crippen LogP contribution is -2.23. The molecule has 1 aliphatic carbocycles. The van der Waals surface area contributed by atoms with Gasteiger partial charge >= 0.3 is 0 Å². The first-order chi connectivity index (χ1) is 7.08. The van der Waals surface area contributed by atoms with Crippen molar-refractivity contribution in [2.24, 2.45) is 11.8 Å². The Balaban J connectivity index is 2.12. The highest BCUT2D eigenvalue weighted by molar-refractivity contribution is 9.10. The van der Waals surface area contributed by atoms with Crippen molar-refractivity contribution in [3.8, 4) is 0 Å². The van der Waals surface area contributed by atoms with Gasteiger partial charge in [-0.05, 0) is 47.0 Å². The van der Waals surface area contributed by atoms with E-state index in [1.54, 1.807) is 0 Å². The van der Waals surface area contributed by atoms with Crippen LogP contribution in [0.4, 0.5) is 5.82 Å². The van der Waals surface area contributed by atoms with E-state index in [2.05, 4.69) is 34.9 Å². The minimum Gasteiger partial charge on any atom is -0.381 e. The van der Waals surface area contributed by atoms with E-state index in [4.69, 9.17) is 5.73 Å². The van der Waals surface area contributed by atoms with E-state index < -0.39 is 0 Å². The normalized spacial score (nSPS) is 31.8. The zero-order valence-electron chi connectivity index (χ0n) is 9.28. The summed E-state index contributed by atoms with van der Waals surface area (Å²) in [5.74, 6) is 2.23. The second-order valence-electron chi connectivity index (χ2n) is 4.76. The molecule has 1 fully saturated rings. The van der Waals surface area contributed by atoms with Crippen molar-refractivity contribution in [1.29, 1.82) is 0 Å². The number of nitrogens with two attached hydrogens (primary N) is 1. The number of halogens is 1. The number of nitrogen functional groups attached to an aromatic ring is 1. The van der Waals surface area contributed by atoms with Crippen LogP contribution < -0.4 is 5.73 Å². The number of aromatic nitrogens is 2. The Labute approximate surface area is 99.2 Å². The van der Waals surface area contributed by atoms with Gasteiger partial charge < -0.3 is 5.73 Å². The maximum atomic E-state index is 5.73. The number of hydrogen-bond donors (Lipinski definition) is 1. The Morgan fingerprint density at radius 2 is 2.13 bits per heavy atom. The van der Waals surface area contributed by atoms with Crippen molar-refractivity contribution in [3.05, 3.63) is 10.7 Å². The number of nitrogens with zero attached hydrogens (tertiary/aromatic N) is 2. The first-order valence-electron chi connectivity index (χ1n) is 5.58. The van der Waals surface area contributed by atoms with Gasteiger partial charge in [-0.25, -0.2) is 0 Å². The minimum absolute atomic E-state index is 0.532. The van der Waals surface area contributed by atoms with Gasteiger partial charge in [0, 0.05) is 6.20 Å². The van der Waals surface area contributed by atoms with Gasteiger partial charge in [0.05, 0.1) is 10.5 Å². The topological polar surface area (TPSA) is 43.8 Å². The highest BCUT2D eigenvalue weighted by Crippen LogP contribution is 2.36. The summed E-state index contributed by atoms with van der Waals surface area (Å²) in [6.07, 6.45) is 5.74. The summed E-state index contributed by atoms with van der Waals surface area (Å²) in [4.78, 5) is 0. The molecule has 0 bridgehead atoms. The molecule has 0 spiro atoms. The summed E-state index contributed by atoms with van der Waals surface area (Å²) in [6, 6.07) is 0.532. The highest BCUT2D eigenvalue weighted by atomic mass is 79.9. The van der Waals surface area contributed by atoms with E-state index in [-0.39, 0.29) is 0 Å². The summed E-state index contributed by atoms with van der Waals surface area (Å²) < 4.78 is 2.94. The second kappa shape index (κ2) is 4.16. The third kappa shape index (κ3) is 2.19. The van der Waals surface area contributed by atoms with Gasteiger partial charge in [-0.15, -0.1) is 0 Å². The zero-order chi connectivity index (χ0) is 11.0. The van der Waals surface area contributed by atoms with Crippen molar-refractivity contribution >= 4 is 21.7 Å². The van der Waals surface area contributed by atoms with Crippen LogP contribution in [-0.4, -0.2) is 9.78 Å². The second-order valence-corrected chi connectivity index (χ2v) is 5.62. The quantitative estimate of drug-likeness (QED) is 0.853. The molecule has 1 aliphatic rings. The minimum atomic E-state index is 0.532. The van der Waals surface area contributed by atoms with E-state index >= 15 is 0 Å². The number of rotatable bonds is 1. The van der Waals surface area contributed by atoms with Crippen LogP contribution in [0.2, 0.25) is 0 Å². The van der Waals surface area contributed by atoms with Crippen LogP contribution in [0.3, 0.4) is 0 Å². The Hall–Kier alpha value is -0.510. The summed E-state index contributed by atoms with van der Waals surface area (Å²) in [7, 11) is 0. The van der Waals surface area contributed by atoms with Crippen LogP contribution in [0.1, 0.15) is 39.2 Å². The average Bonchev–Trinajstić information content (AvgIpc) is 2.52. The van der Waals surface area contributed by atoms with E-state index in [9.17, 15) is 0 Å². The summed E-state index contributed by atoms with van der Waals surface area (Å²) >= 11 is 3.40. The Bertz CT molecular complexity index is 328. The van der Waals surface area contributed by atoms with Gasteiger partial charge in [-0.3, -0.25) is 4.68 Å². The summed E-state index contributed by atoms with van der Waals surface area (Å²) in [5, 5.41) is 4.34. The third-order valence-corrected chi connectivity index (χ3v) is 4.27. The van der Waals surface area contributed by atoms with E-state index in [0.29, 0.717) is 11.9 Å². The Morgan fingerprint density at radius 1 is 1.40 bits per heavy atom. The van der Waals surface area contributed by atoms with Crippen LogP contribution in [-0.2, 0) is 0 Å². The molecule has 0 aliphatic heterocycles. The predicted molar refractivity (Wildman–Crippen MR) is 65.6 cm³/mol. The van der Waals surface area contributed by atoms with E-state index in [1.807, 2.05) is 10.9 Å². The molecule has 3 atom stereocenters. The molecule has 2 rings (SSSR count). The Kier molecular flexibility index (Phi) is 3.05. The molecule has 1 aromatic rings. The molecular weight excluding hydrogens is 254 g/mol. The van der Waals surface area contributed by atoms with Crippen LogP contribution in [0.15, 0.2) is 10.7 Å². The molecule has 1 heterocycles. The van der Waals surface area contributed by atoms with Crippen molar-refractivity contribution in [2.75, 3.05) is 5.73 Å². The summed E-state index contributed by atoms with van der Waals surface area (Å²) in [5.41, 5.74) is 5.73. The maximum Gasteiger partial charge on any atom is 0.159 e. The third-order valence-electron chi connectivity index (χ3n) is 3.66. The predicted octanol–water partition coefficient (Wildman–Crippen LogP) is 3.23. The zero-order valence-corrected chi connectivity index (χ0v) is 10.9. The lowest BCUT2D eigenvalue weighted by atomic mass is 9.79. The van der Waals surface area contributed by atoms with E-state index in [0.717, 1.165) is 16.3 Å². The van der Waals surface area contributed by atoms with Crippen LogP contribution in [0.5, 0.6) is 0 Å². The molecule has 0 aromatic carbocycles. The Morgan fingerprint density at radius 3 is 2.67 bits per heavy atom. The molecule has 1 aromatic heterocycles. The molecular formula is C11H18BrN3. The summed E-state index contributed by atoms with van der Waals surface area (Å²) in [6.45, 7) is 4.67. The first-order valence-corrected chi connectivity index (χ1v) is 6.37. The fraction of sp³-hybridized carbons (Fsp3) is 0.727. The standard InChI is InChI=1S/C11H18BrN3/c1-7-3-4-9(5-8(7)2)15-6-10(12)11(13)14-15/h6-9H,3-5H2,1-2H3,(H2,13,14). The fourth-order valence-corrected chi connectivity index (χ4v) is 2.62. The smallest absolute Gasteiger partial charge is 0.159 e. The molecule has 84 valence electrons. The van der Waals surface area contributed by atoms with Gasteiger partial charge in [0.25, 0.3) is 0 Å². The monoisotopic (exact) mass is 271 g/mol. The molecule has 0 amide bonds. The van der Waals surface area contributed by atoms with Crippen LogP contribution >= 0.6 is 15.9 Å². The highest BCUT2D eigenvalue weighted by Gasteiger charge is 2.26. The van der Waals surface area contributed by atoms with Gasteiger partial charge in [0.1, 0.15) is 0 Å². The fourth-order valence-electron chi connectivity index (χ4n) is 2.33. The maximum absolute atomic E-state index is 5.73. The molecule has 0 saturated heterocycles. The van der Waals surface area contributed by atoms with Crippen LogP contribution in [0.25, 0.3) is 0 Å². The van der Waals surface area contributed by atoms with Crippen LogP contribution in [0, 0.1) is 11.8 Å². The van der Waals surface area contributed by atoms with Crippen molar-refractivity contribution in [3.63, 3.8) is 0 Å². The van der Waals surface area contributed by atoms with Gasteiger partial charge in [0.2, 0.25) is 0 Å². The van der Waals surface area contributed by atoms with Gasteiger partial charge in [-0.1, -0.05) is 13.8 Å². The SMILES string of the molecule is CC1CCC(n2cc(Br)c(N)n2)CC1C. The molecule has 3 nitrogen and oxygen atoms in total. The molecule has 0 radical (unpaired) electrons. The molecule has 15 heavy (non-hydrogen) atoms. The molecule has 3 unspecified atom stereocenters. The molecule has 1 saturated carbocycles. The average molecular weight is 272 g/mol. The first kappa shape index (κ1) is 11.0. The van der Waals surface area contributed by atoms with Gasteiger partial charge in [0.15, 0.2) is 5.82 Å². The lowest BCUT2D eigenvalue weighted by molar-refractivity contribution is 0.201. The van der Waals surface area contributed by atoms with Crippen molar-refractivity contribution in [1.82, 2.24) is 9.78 Å².